The first-order chi connectivity index (χ1) is 20.4. The van der Waals surface area contributed by atoms with E-state index in [4.69, 9.17) is 11.5 Å². The molecule has 3 rings (SSSR count). The smallest absolute Gasteiger partial charge is 0.386 e. The molecule has 0 fully saturated rings. The van der Waals surface area contributed by atoms with Gasteiger partial charge in [-0.3, -0.25) is 14.4 Å². The van der Waals surface area contributed by atoms with Crippen LogP contribution in [-0.4, -0.2) is 69.3 Å². The van der Waals surface area contributed by atoms with E-state index >= 15 is 0 Å². The minimum Gasteiger partial charge on any atom is -0.386 e. The summed E-state index contributed by atoms with van der Waals surface area (Å²) in [6.07, 6.45) is -6.53. The molecule has 1 heterocycles. The molecule has 232 valence electrons. The van der Waals surface area contributed by atoms with Crippen molar-refractivity contribution in [2.45, 2.75) is 38.2 Å². The van der Waals surface area contributed by atoms with Crippen LogP contribution in [-0.2, 0) is 27.1 Å². The average Bonchev–Trinajstić information content (AvgIpc) is 3.47. The van der Waals surface area contributed by atoms with Crippen molar-refractivity contribution >= 4 is 29.3 Å². The summed E-state index contributed by atoms with van der Waals surface area (Å²) in [7, 11) is 0. The summed E-state index contributed by atoms with van der Waals surface area (Å²) in [6, 6.07) is 11.2. The lowest BCUT2D eigenvalue weighted by Crippen LogP contribution is -2.51. The zero-order valence-corrected chi connectivity index (χ0v) is 24.2. The summed E-state index contributed by atoms with van der Waals surface area (Å²) in [5, 5.41) is 16.6. The Labute approximate surface area is 250 Å². The van der Waals surface area contributed by atoms with Crippen molar-refractivity contribution in [1.29, 1.82) is 0 Å². The number of hydrogen-bond acceptors (Lipinski definition) is 9. The number of benzene rings is 2. The van der Waals surface area contributed by atoms with E-state index in [2.05, 4.69) is 20.0 Å². The third-order valence-corrected chi connectivity index (χ3v) is 7.18. The van der Waals surface area contributed by atoms with Crippen LogP contribution in [0.5, 0.6) is 0 Å². The Bertz CT molecular complexity index is 1350. The van der Waals surface area contributed by atoms with Crippen LogP contribution >= 0.6 is 11.5 Å². The normalized spacial score (nSPS) is 13.6. The molecule has 2 aromatic carbocycles. The number of rotatable bonds is 14. The van der Waals surface area contributed by atoms with Crippen LogP contribution in [0, 0.1) is 5.92 Å². The molecule has 43 heavy (non-hydrogen) atoms. The van der Waals surface area contributed by atoms with E-state index in [-0.39, 0.29) is 50.6 Å². The third kappa shape index (κ3) is 9.54. The number of amides is 3. The standard InChI is InChI=1S/C28H34F3N7O4S/c1-17(15-22(39)38(13-11-32)14-12-33)26(41)36-23(24(40)18-7-9-20(10-8-18)28(29,30)31)27(42)34-16-21-35-25(37-43-21)19-5-3-2-4-6-19/h2-10,17,23-24,40H,11-16,32-33H2,1H3,(H,34,42)(H,36,41). The average molecular weight is 622 g/mol. The Morgan fingerprint density at radius 1 is 1.00 bits per heavy atom. The molecule has 0 aliphatic heterocycles. The molecular weight excluding hydrogens is 587 g/mol. The molecule has 0 aliphatic rings. The number of carbonyl (C=O) groups is 3. The molecule has 0 spiro atoms. The second kappa shape index (κ2) is 15.5. The minimum absolute atomic E-state index is 0.0310. The van der Waals surface area contributed by atoms with Crippen molar-refractivity contribution in [2.75, 3.05) is 26.2 Å². The van der Waals surface area contributed by atoms with Crippen LogP contribution in [0.1, 0.15) is 35.6 Å². The van der Waals surface area contributed by atoms with E-state index in [9.17, 15) is 32.7 Å². The van der Waals surface area contributed by atoms with E-state index in [1.807, 2.05) is 30.3 Å². The van der Waals surface area contributed by atoms with Crippen molar-refractivity contribution in [1.82, 2.24) is 24.9 Å². The summed E-state index contributed by atoms with van der Waals surface area (Å²) in [5.41, 5.74) is 10.9. The summed E-state index contributed by atoms with van der Waals surface area (Å²) >= 11 is 1.05. The van der Waals surface area contributed by atoms with E-state index in [1.165, 1.54) is 11.8 Å². The van der Waals surface area contributed by atoms with Crippen molar-refractivity contribution in [3.8, 4) is 11.4 Å². The highest BCUT2D eigenvalue weighted by molar-refractivity contribution is 7.05. The summed E-state index contributed by atoms with van der Waals surface area (Å²) < 4.78 is 43.5. The highest BCUT2D eigenvalue weighted by Crippen LogP contribution is 2.30. The second-order valence-corrected chi connectivity index (χ2v) is 10.5. The van der Waals surface area contributed by atoms with E-state index in [0.717, 1.165) is 41.4 Å². The number of nitrogens with zero attached hydrogens (tertiary/aromatic N) is 3. The van der Waals surface area contributed by atoms with Crippen molar-refractivity contribution in [3.05, 3.63) is 70.7 Å². The molecule has 0 aliphatic carbocycles. The molecule has 0 bridgehead atoms. The van der Waals surface area contributed by atoms with Gasteiger partial charge in [0, 0.05) is 44.1 Å². The monoisotopic (exact) mass is 621 g/mol. The van der Waals surface area contributed by atoms with Gasteiger partial charge in [0.25, 0.3) is 0 Å². The Hall–Kier alpha value is -3.92. The first-order valence-electron chi connectivity index (χ1n) is 13.4. The van der Waals surface area contributed by atoms with Crippen LogP contribution in [0.4, 0.5) is 13.2 Å². The first kappa shape index (κ1) is 33.6. The Kier molecular flexibility index (Phi) is 12.1. The predicted molar refractivity (Wildman–Crippen MR) is 154 cm³/mol. The van der Waals surface area contributed by atoms with Gasteiger partial charge in [0.15, 0.2) is 5.82 Å². The molecule has 1 aromatic heterocycles. The van der Waals surface area contributed by atoms with Crippen LogP contribution in [0.15, 0.2) is 54.6 Å². The molecule has 3 amide bonds. The van der Waals surface area contributed by atoms with Gasteiger partial charge in [-0.05, 0) is 29.2 Å². The molecule has 7 N–H and O–H groups in total. The highest BCUT2D eigenvalue weighted by atomic mass is 32.1. The molecule has 3 aromatic rings. The quantitative estimate of drug-likeness (QED) is 0.181. The van der Waals surface area contributed by atoms with Gasteiger partial charge in [0.2, 0.25) is 17.7 Å². The summed E-state index contributed by atoms with van der Waals surface area (Å²) in [6.45, 7) is 2.29. The number of carbonyl (C=O) groups excluding carboxylic acids is 3. The minimum atomic E-state index is -4.60. The van der Waals surface area contributed by atoms with Gasteiger partial charge in [-0.1, -0.05) is 49.4 Å². The lowest BCUT2D eigenvalue weighted by atomic mass is 9.98. The summed E-state index contributed by atoms with van der Waals surface area (Å²) in [5.74, 6) is -2.36. The molecule has 3 atom stereocenters. The number of aliphatic hydroxyl groups is 1. The number of aromatic nitrogens is 2. The summed E-state index contributed by atoms with van der Waals surface area (Å²) in [4.78, 5) is 44.9. The predicted octanol–water partition coefficient (Wildman–Crippen LogP) is 1.83. The molecule has 11 nitrogen and oxygen atoms in total. The van der Waals surface area contributed by atoms with E-state index < -0.39 is 41.6 Å². The number of nitrogens with one attached hydrogen (secondary N) is 2. The van der Waals surface area contributed by atoms with Crippen LogP contribution in [0.3, 0.4) is 0 Å². The van der Waals surface area contributed by atoms with Gasteiger partial charge >= 0.3 is 6.18 Å². The fourth-order valence-corrected chi connectivity index (χ4v) is 4.71. The van der Waals surface area contributed by atoms with Crippen molar-refractivity contribution in [3.63, 3.8) is 0 Å². The zero-order chi connectivity index (χ0) is 31.6. The maximum atomic E-state index is 13.3. The van der Waals surface area contributed by atoms with Crippen LogP contribution < -0.4 is 22.1 Å². The molecule has 15 heteroatoms. The molecule has 0 saturated carbocycles. The lowest BCUT2D eigenvalue weighted by molar-refractivity contribution is -0.138. The maximum Gasteiger partial charge on any atom is 0.416 e. The number of halogens is 3. The fourth-order valence-electron chi connectivity index (χ4n) is 4.11. The first-order valence-corrected chi connectivity index (χ1v) is 14.2. The van der Waals surface area contributed by atoms with Crippen molar-refractivity contribution < 1.29 is 32.7 Å². The van der Waals surface area contributed by atoms with Gasteiger partial charge in [-0.2, -0.15) is 17.5 Å². The second-order valence-electron chi connectivity index (χ2n) is 9.71. The Morgan fingerprint density at radius 2 is 1.63 bits per heavy atom. The van der Waals surface area contributed by atoms with Crippen molar-refractivity contribution in [2.24, 2.45) is 17.4 Å². The molecule has 3 unspecified atom stereocenters. The van der Waals surface area contributed by atoms with Gasteiger partial charge in [-0.25, -0.2) is 4.98 Å². The Morgan fingerprint density at radius 3 is 2.21 bits per heavy atom. The van der Waals surface area contributed by atoms with Gasteiger partial charge in [0.1, 0.15) is 17.2 Å². The van der Waals surface area contributed by atoms with Gasteiger partial charge in [-0.15, -0.1) is 0 Å². The fraction of sp³-hybridized carbons (Fsp3) is 0.393. The number of hydrogen-bond donors (Lipinski definition) is 5. The number of nitrogens with two attached hydrogens (primary N) is 2. The molecule has 0 radical (unpaired) electrons. The SMILES string of the molecule is CC(CC(=O)N(CCN)CCN)C(=O)NC(C(=O)NCc1nc(-c2ccccc2)ns1)C(O)c1ccc(C(F)(F)F)cc1. The van der Waals surface area contributed by atoms with Crippen LogP contribution in [0.2, 0.25) is 0 Å². The lowest BCUT2D eigenvalue weighted by Gasteiger charge is -2.26. The zero-order valence-electron chi connectivity index (χ0n) is 23.4. The number of aliphatic hydroxyl groups excluding tert-OH is 1. The van der Waals surface area contributed by atoms with E-state index in [1.54, 1.807) is 0 Å². The third-order valence-electron chi connectivity index (χ3n) is 6.47. The number of alkyl halides is 3. The Balaban J connectivity index is 1.76. The van der Waals surface area contributed by atoms with Gasteiger partial charge < -0.3 is 32.1 Å². The van der Waals surface area contributed by atoms with E-state index in [0.29, 0.717) is 10.8 Å². The molecule has 0 saturated heterocycles. The van der Waals surface area contributed by atoms with Crippen LogP contribution in [0.25, 0.3) is 11.4 Å². The van der Waals surface area contributed by atoms with Gasteiger partial charge in [0.05, 0.1) is 12.1 Å². The largest absolute Gasteiger partial charge is 0.416 e. The molecular formula is C28H34F3N7O4S. The topological polar surface area (TPSA) is 177 Å². The maximum absolute atomic E-state index is 13.3. The highest BCUT2D eigenvalue weighted by Gasteiger charge is 2.34.